The smallest absolute Gasteiger partial charge is 0.408 e. The Morgan fingerprint density at radius 2 is 1.50 bits per heavy atom. The van der Waals surface area contributed by atoms with Crippen molar-refractivity contribution in [3.8, 4) is 11.1 Å². The van der Waals surface area contributed by atoms with Gasteiger partial charge in [-0.1, -0.05) is 76.6 Å². The molecule has 3 aromatic carbocycles. The van der Waals surface area contributed by atoms with E-state index in [1.807, 2.05) is 24.3 Å². The number of hydrogen-bond donors (Lipinski definition) is 1. The Bertz CT molecular complexity index is 990. The van der Waals surface area contributed by atoms with E-state index in [0.29, 0.717) is 6.42 Å². The molecule has 0 saturated carbocycles. The summed E-state index contributed by atoms with van der Waals surface area (Å²) in [5.41, 5.74) is 4.27. The summed E-state index contributed by atoms with van der Waals surface area (Å²) in [6.07, 6.45) is 2.13. The molecule has 3 aromatic rings. The number of alkyl carbamates (subject to hydrolysis) is 1. The number of unbranched alkanes of at least 4 members (excludes halogenated alkanes) is 1. The fourth-order valence-electron chi connectivity index (χ4n) is 4.15. The van der Waals surface area contributed by atoms with E-state index >= 15 is 0 Å². The Balaban J connectivity index is 1.63. The second-order valence-electron chi connectivity index (χ2n) is 7.43. The third kappa shape index (κ3) is 3.99. The third-order valence-electron chi connectivity index (χ3n) is 5.54. The van der Waals surface area contributed by atoms with Crippen LogP contribution in [0.4, 0.5) is 9.18 Å². The van der Waals surface area contributed by atoms with Crippen LogP contribution in [0.3, 0.4) is 0 Å². The average Bonchev–Trinajstić information content (AvgIpc) is 3.04. The van der Waals surface area contributed by atoms with E-state index in [0.717, 1.165) is 46.0 Å². The molecule has 0 bridgehead atoms. The van der Waals surface area contributed by atoms with E-state index in [9.17, 15) is 9.18 Å². The molecule has 1 amide bonds. The highest BCUT2D eigenvalue weighted by Crippen LogP contribution is 2.52. The maximum Gasteiger partial charge on any atom is 0.408 e. The largest absolute Gasteiger partial charge is 0.433 e. The molecule has 0 radical (unpaired) electrons. The molecule has 0 atom stereocenters. The van der Waals surface area contributed by atoms with Gasteiger partial charge in [0.15, 0.2) is 5.60 Å². The lowest BCUT2D eigenvalue weighted by molar-refractivity contribution is 0.0334. The molecule has 0 fully saturated rings. The minimum Gasteiger partial charge on any atom is -0.433 e. The van der Waals surface area contributed by atoms with Crippen LogP contribution >= 0.6 is 15.9 Å². The highest BCUT2D eigenvalue weighted by Gasteiger charge is 2.46. The Hall–Kier alpha value is -2.66. The first kappa shape index (κ1) is 20.6. The number of halogens is 2. The summed E-state index contributed by atoms with van der Waals surface area (Å²) in [7, 11) is 0. The molecule has 3 nitrogen and oxygen atoms in total. The third-order valence-corrected chi connectivity index (χ3v) is 6.10. The highest BCUT2D eigenvalue weighted by molar-refractivity contribution is 9.09. The van der Waals surface area contributed by atoms with Crippen molar-refractivity contribution in [3.05, 3.63) is 95.3 Å². The first-order valence-electron chi connectivity index (χ1n) is 10.1. The fourth-order valence-corrected chi connectivity index (χ4v) is 4.55. The number of amides is 1. The van der Waals surface area contributed by atoms with Gasteiger partial charge < -0.3 is 10.1 Å². The number of rotatable bonds is 7. The Labute approximate surface area is 184 Å². The molecule has 0 aliphatic heterocycles. The lowest BCUT2D eigenvalue weighted by Gasteiger charge is -2.32. The standard InChI is InChI=1S/C25H23BrFNO2/c26-16-6-5-15-25(30-24(29)28-17-18-11-13-19(27)14-12-18)22-9-3-1-7-20(22)21-8-2-4-10-23(21)25/h1-4,7-14H,5-6,15-17H2,(H,28,29). The zero-order valence-corrected chi connectivity index (χ0v) is 18.1. The van der Waals surface area contributed by atoms with Gasteiger partial charge in [-0.05, 0) is 48.1 Å². The second kappa shape index (κ2) is 9.00. The summed E-state index contributed by atoms with van der Waals surface area (Å²) in [6.45, 7) is 0.278. The van der Waals surface area contributed by atoms with Crippen molar-refractivity contribution in [2.24, 2.45) is 0 Å². The van der Waals surface area contributed by atoms with Gasteiger partial charge in [-0.15, -0.1) is 0 Å². The summed E-state index contributed by atoms with van der Waals surface area (Å²) in [4.78, 5) is 12.9. The van der Waals surface area contributed by atoms with Crippen molar-refractivity contribution >= 4 is 22.0 Å². The molecule has 1 aliphatic carbocycles. The van der Waals surface area contributed by atoms with Crippen LogP contribution in [-0.2, 0) is 16.9 Å². The van der Waals surface area contributed by atoms with Gasteiger partial charge in [0.25, 0.3) is 0 Å². The molecule has 0 aromatic heterocycles. The van der Waals surface area contributed by atoms with Gasteiger partial charge >= 0.3 is 6.09 Å². The zero-order chi connectivity index (χ0) is 21.0. The van der Waals surface area contributed by atoms with Crippen LogP contribution in [0.5, 0.6) is 0 Å². The quantitative estimate of drug-likeness (QED) is 0.316. The van der Waals surface area contributed by atoms with Crippen LogP contribution in [0.2, 0.25) is 0 Å². The van der Waals surface area contributed by atoms with Crippen LogP contribution in [0.1, 0.15) is 36.0 Å². The number of carbonyl (C=O) groups is 1. The molecule has 30 heavy (non-hydrogen) atoms. The summed E-state index contributed by atoms with van der Waals surface area (Å²) in [6, 6.07) is 22.4. The van der Waals surface area contributed by atoms with Crippen molar-refractivity contribution < 1.29 is 13.9 Å². The number of hydrogen-bond acceptors (Lipinski definition) is 2. The van der Waals surface area contributed by atoms with Crippen LogP contribution < -0.4 is 5.32 Å². The molecule has 0 heterocycles. The molecule has 1 aliphatic rings. The van der Waals surface area contributed by atoms with Crippen LogP contribution in [0.25, 0.3) is 11.1 Å². The molecular formula is C25H23BrFNO2. The summed E-state index contributed by atoms with van der Waals surface area (Å²) < 4.78 is 19.3. The molecule has 0 saturated heterocycles. The van der Waals surface area contributed by atoms with Crippen molar-refractivity contribution in [3.63, 3.8) is 0 Å². The fraction of sp³-hybridized carbons (Fsp3) is 0.240. The minimum absolute atomic E-state index is 0.278. The summed E-state index contributed by atoms with van der Waals surface area (Å²) >= 11 is 3.50. The number of benzene rings is 3. The van der Waals surface area contributed by atoms with E-state index in [1.54, 1.807) is 12.1 Å². The number of ether oxygens (including phenoxy) is 1. The van der Waals surface area contributed by atoms with Crippen molar-refractivity contribution in [1.29, 1.82) is 0 Å². The van der Waals surface area contributed by atoms with Crippen LogP contribution in [0, 0.1) is 5.82 Å². The van der Waals surface area contributed by atoms with Gasteiger partial charge in [-0.3, -0.25) is 0 Å². The summed E-state index contributed by atoms with van der Waals surface area (Å²) in [5.74, 6) is -0.300. The predicted octanol–water partition coefficient (Wildman–Crippen LogP) is 6.54. The first-order chi connectivity index (χ1) is 14.6. The number of carbonyl (C=O) groups excluding carboxylic acids is 1. The molecule has 5 heteroatoms. The average molecular weight is 468 g/mol. The number of alkyl halides is 1. The van der Waals surface area contributed by atoms with Gasteiger partial charge in [0.05, 0.1) is 0 Å². The van der Waals surface area contributed by atoms with Crippen LogP contribution in [-0.4, -0.2) is 11.4 Å². The minimum atomic E-state index is -0.817. The lowest BCUT2D eigenvalue weighted by atomic mass is 9.86. The maximum atomic E-state index is 13.1. The molecule has 154 valence electrons. The Morgan fingerprint density at radius 1 is 0.900 bits per heavy atom. The molecule has 4 rings (SSSR count). The van der Waals surface area contributed by atoms with E-state index in [-0.39, 0.29) is 12.4 Å². The van der Waals surface area contributed by atoms with Crippen molar-refractivity contribution in [1.82, 2.24) is 5.32 Å². The summed E-state index contributed by atoms with van der Waals surface area (Å²) in [5, 5.41) is 3.74. The van der Waals surface area contributed by atoms with E-state index in [2.05, 4.69) is 45.5 Å². The maximum absolute atomic E-state index is 13.1. The highest BCUT2D eigenvalue weighted by atomic mass is 79.9. The monoisotopic (exact) mass is 467 g/mol. The number of fused-ring (bicyclic) bond motifs is 3. The molecule has 0 unspecified atom stereocenters. The van der Waals surface area contributed by atoms with E-state index in [4.69, 9.17) is 4.74 Å². The normalized spacial score (nSPS) is 13.4. The zero-order valence-electron chi connectivity index (χ0n) is 16.5. The van der Waals surface area contributed by atoms with E-state index < -0.39 is 11.7 Å². The van der Waals surface area contributed by atoms with Gasteiger partial charge in [0, 0.05) is 23.0 Å². The number of nitrogens with one attached hydrogen (secondary N) is 1. The lowest BCUT2D eigenvalue weighted by Crippen LogP contribution is -2.36. The van der Waals surface area contributed by atoms with Crippen molar-refractivity contribution in [2.45, 2.75) is 31.4 Å². The predicted molar refractivity (Wildman–Crippen MR) is 120 cm³/mol. The van der Waals surface area contributed by atoms with Gasteiger partial charge in [-0.2, -0.15) is 0 Å². The molecular weight excluding hydrogens is 445 g/mol. The van der Waals surface area contributed by atoms with Gasteiger partial charge in [0.2, 0.25) is 0 Å². The van der Waals surface area contributed by atoms with Crippen molar-refractivity contribution in [2.75, 3.05) is 5.33 Å². The molecule has 1 N–H and O–H groups in total. The Kier molecular flexibility index (Phi) is 6.18. The van der Waals surface area contributed by atoms with Crippen LogP contribution in [0.15, 0.2) is 72.8 Å². The second-order valence-corrected chi connectivity index (χ2v) is 8.23. The topological polar surface area (TPSA) is 38.3 Å². The van der Waals surface area contributed by atoms with Gasteiger partial charge in [0.1, 0.15) is 5.82 Å². The SMILES string of the molecule is O=C(NCc1ccc(F)cc1)OC1(CCCCBr)c2ccccc2-c2ccccc21. The van der Waals surface area contributed by atoms with E-state index in [1.165, 1.54) is 12.1 Å². The molecule has 0 spiro atoms. The Morgan fingerprint density at radius 3 is 2.10 bits per heavy atom. The first-order valence-corrected chi connectivity index (χ1v) is 11.2. The van der Waals surface area contributed by atoms with Gasteiger partial charge in [-0.25, -0.2) is 9.18 Å².